The van der Waals surface area contributed by atoms with Gasteiger partial charge in [-0.25, -0.2) is 0 Å². The maximum atomic E-state index is 11.3. The summed E-state index contributed by atoms with van der Waals surface area (Å²) in [4.78, 5) is 21.6. The highest BCUT2D eigenvalue weighted by Gasteiger charge is 2.30. The number of benzene rings is 1. The number of nitrogens with two attached hydrogens (primary N) is 1. The van der Waals surface area contributed by atoms with E-state index in [4.69, 9.17) is 10.5 Å². The summed E-state index contributed by atoms with van der Waals surface area (Å²) in [6.45, 7) is 3.18. The van der Waals surface area contributed by atoms with E-state index in [1.165, 1.54) is 12.1 Å². The fourth-order valence-electron chi connectivity index (χ4n) is 1.45. The van der Waals surface area contributed by atoms with E-state index in [9.17, 15) is 14.9 Å². The first-order valence-corrected chi connectivity index (χ1v) is 5.67. The van der Waals surface area contributed by atoms with Crippen molar-refractivity contribution in [3.8, 4) is 5.75 Å². The molecule has 0 fully saturated rings. The molecule has 0 aliphatic rings. The lowest BCUT2D eigenvalue weighted by atomic mass is 10.0. The molecule has 0 heterocycles. The third kappa shape index (κ3) is 3.19. The van der Waals surface area contributed by atoms with Crippen LogP contribution in [0.5, 0.6) is 5.75 Å². The van der Waals surface area contributed by atoms with Crippen LogP contribution in [0.2, 0.25) is 0 Å². The fourth-order valence-corrected chi connectivity index (χ4v) is 1.45. The minimum Gasteiger partial charge on any atom is -0.491 e. The summed E-state index contributed by atoms with van der Waals surface area (Å²) in [5.74, 6) is -0.199. The molecule has 0 saturated heterocycles. The van der Waals surface area contributed by atoms with Gasteiger partial charge in [0.05, 0.1) is 10.5 Å². The Balaban J connectivity index is 2.93. The molecule has 1 aromatic rings. The van der Waals surface area contributed by atoms with Crippen molar-refractivity contribution in [2.45, 2.75) is 19.4 Å². The highest BCUT2D eigenvalue weighted by Crippen LogP contribution is 2.27. The van der Waals surface area contributed by atoms with E-state index in [1.54, 1.807) is 27.0 Å². The number of amides is 1. The van der Waals surface area contributed by atoms with Crippen molar-refractivity contribution < 1.29 is 14.5 Å². The fraction of sp³-hybridized carbons (Fsp3) is 0.417. The highest BCUT2D eigenvalue weighted by molar-refractivity contribution is 5.84. The Labute approximate surface area is 110 Å². The lowest BCUT2D eigenvalue weighted by Crippen LogP contribution is -2.55. The predicted octanol–water partition coefficient (Wildman–Crippen LogP) is 0.745. The van der Waals surface area contributed by atoms with Gasteiger partial charge in [-0.15, -0.1) is 0 Å². The van der Waals surface area contributed by atoms with E-state index in [-0.39, 0.29) is 12.3 Å². The molecule has 1 rings (SSSR count). The number of hydrogen-bond acceptors (Lipinski definition) is 5. The molecule has 1 unspecified atom stereocenters. The van der Waals surface area contributed by atoms with Crippen LogP contribution in [0.3, 0.4) is 0 Å². The summed E-state index contributed by atoms with van der Waals surface area (Å²) < 4.78 is 5.48. The first kappa shape index (κ1) is 14.9. The molecule has 1 amide bonds. The smallest absolute Gasteiger partial charge is 0.276 e. The number of likely N-dealkylation sites (N-methyl/N-ethyl adjacent to an activating group) is 1. The van der Waals surface area contributed by atoms with E-state index < -0.39 is 16.4 Å². The summed E-state index contributed by atoms with van der Waals surface area (Å²) >= 11 is 0. The van der Waals surface area contributed by atoms with Gasteiger partial charge in [0.1, 0.15) is 17.9 Å². The molecule has 19 heavy (non-hydrogen) atoms. The molecule has 7 nitrogen and oxygen atoms in total. The summed E-state index contributed by atoms with van der Waals surface area (Å²) in [5.41, 5.74) is 4.63. The Morgan fingerprint density at radius 1 is 1.58 bits per heavy atom. The van der Waals surface area contributed by atoms with Crippen LogP contribution >= 0.6 is 0 Å². The van der Waals surface area contributed by atoms with Gasteiger partial charge < -0.3 is 15.8 Å². The van der Waals surface area contributed by atoms with Crippen molar-refractivity contribution in [3.63, 3.8) is 0 Å². The van der Waals surface area contributed by atoms with Crippen LogP contribution < -0.4 is 15.8 Å². The maximum absolute atomic E-state index is 11.3. The largest absolute Gasteiger partial charge is 0.491 e. The minimum absolute atomic E-state index is 0.0131. The summed E-state index contributed by atoms with van der Waals surface area (Å²) in [6.07, 6.45) is 0. The molecule has 7 heteroatoms. The van der Waals surface area contributed by atoms with E-state index in [0.29, 0.717) is 11.3 Å². The van der Waals surface area contributed by atoms with Gasteiger partial charge in [0.15, 0.2) is 0 Å². The minimum atomic E-state index is -1.03. The Kier molecular flexibility index (Phi) is 4.44. The topological polar surface area (TPSA) is 107 Å². The second-order valence-electron chi connectivity index (χ2n) is 4.39. The van der Waals surface area contributed by atoms with Crippen molar-refractivity contribution in [1.82, 2.24) is 5.32 Å². The number of rotatable bonds is 6. The van der Waals surface area contributed by atoms with E-state index in [1.807, 2.05) is 0 Å². The van der Waals surface area contributed by atoms with E-state index in [2.05, 4.69) is 5.32 Å². The Bertz CT molecular complexity index is 504. The normalized spacial score (nSPS) is 13.6. The quantitative estimate of drug-likeness (QED) is 0.584. The molecule has 1 atom stereocenters. The number of primary amides is 1. The van der Waals surface area contributed by atoms with Crippen LogP contribution in [-0.4, -0.2) is 30.0 Å². The lowest BCUT2D eigenvalue weighted by Gasteiger charge is -2.25. The van der Waals surface area contributed by atoms with Crippen LogP contribution in [0.4, 0.5) is 5.69 Å². The predicted molar refractivity (Wildman–Crippen MR) is 70.0 cm³/mol. The number of nitrogens with one attached hydrogen (secondary N) is 1. The number of nitrogens with zero attached hydrogens (tertiary/aromatic N) is 1. The van der Waals surface area contributed by atoms with Crippen LogP contribution in [0.25, 0.3) is 0 Å². The molecule has 0 bridgehead atoms. The molecule has 3 N–H and O–H groups in total. The van der Waals surface area contributed by atoms with Gasteiger partial charge in [0.2, 0.25) is 5.91 Å². The number of carbonyl (C=O) groups excluding carboxylic acids is 1. The summed E-state index contributed by atoms with van der Waals surface area (Å²) in [7, 11) is 1.59. The average Bonchev–Trinajstić information content (AvgIpc) is 2.36. The van der Waals surface area contributed by atoms with Crippen molar-refractivity contribution >= 4 is 11.6 Å². The third-order valence-corrected chi connectivity index (χ3v) is 3.06. The van der Waals surface area contributed by atoms with Crippen molar-refractivity contribution in [2.24, 2.45) is 5.73 Å². The van der Waals surface area contributed by atoms with Crippen molar-refractivity contribution in [2.75, 3.05) is 13.7 Å². The zero-order valence-corrected chi connectivity index (χ0v) is 11.1. The number of carbonyl (C=O) groups is 1. The lowest BCUT2D eigenvalue weighted by molar-refractivity contribution is -0.385. The Hall–Kier alpha value is -2.15. The van der Waals surface area contributed by atoms with Crippen LogP contribution in [0, 0.1) is 17.0 Å². The highest BCUT2D eigenvalue weighted by atomic mass is 16.6. The molecule has 1 aromatic carbocycles. The van der Waals surface area contributed by atoms with Crippen molar-refractivity contribution in [3.05, 3.63) is 33.9 Å². The molecule has 0 saturated carbocycles. The Morgan fingerprint density at radius 3 is 2.68 bits per heavy atom. The average molecular weight is 267 g/mol. The molecular formula is C12H17N3O4. The van der Waals surface area contributed by atoms with Gasteiger partial charge in [-0.1, -0.05) is 6.07 Å². The molecule has 0 aliphatic carbocycles. The zero-order chi connectivity index (χ0) is 14.6. The molecule has 0 aromatic heterocycles. The van der Waals surface area contributed by atoms with Gasteiger partial charge in [-0.05, 0) is 27.0 Å². The zero-order valence-electron chi connectivity index (χ0n) is 11.1. The Morgan fingerprint density at radius 2 is 2.21 bits per heavy atom. The van der Waals surface area contributed by atoms with Gasteiger partial charge in [-0.3, -0.25) is 14.9 Å². The first-order valence-electron chi connectivity index (χ1n) is 5.67. The van der Waals surface area contributed by atoms with E-state index in [0.717, 1.165) is 0 Å². The molecule has 0 radical (unpaired) electrons. The molecule has 0 spiro atoms. The SMILES string of the molecule is CNC(C)(COc1cccc([N+](=O)[O-])c1C)C(N)=O. The molecule has 0 aliphatic heterocycles. The maximum Gasteiger partial charge on any atom is 0.276 e. The second kappa shape index (κ2) is 5.66. The summed E-state index contributed by atoms with van der Waals surface area (Å²) in [5, 5.41) is 13.6. The van der Waals surface area contributed by atoms with E-state index >= 15 is 0 Å². The number of nitro benzene ring substituents is 1. The van der Waals surface area contributed by atoms with Crippen molar-refractivity contribution in [1.29, 1.82) is 0 Å². The molecule has 104 valence electrons. The summed E-state index contributed by atoms with van der Waals surface area (Å²) in [6, 6.07) is 4.54. The monoisotopic (exact) mass is 267 g/mol. The third-order valence-electron chi connectivity index (χ3n) is 3.06. The van der Waals surface area contributed by atoms with Crippen LogP contribution in [-0.2, 0) is 4.79 Å². The van der Waals surface area contributed by atoms with Gasteiger partial charge in [0.25, 0.3) is 5.69 Å². The number of nitro groups is 1. The number of hydrogen-bond donors (Lipinski definition) is 2. The van der Waals surface area contributed by atoms with Crippen LogP contribution in [0.1, 0.15) is 12.5 Å². The number of ether oxygens (including phenoxy) is 1. The van der Waals surface area contributed by atoms with Gasteiger partial charge in [-0.2, -0.15) is 0 Å². The van der Waals surface area contributed by atoms with Gasteiger partial charge >= 0.3 is 0 Å². The first-order chi connectivity index (χ1) is 8.81. The van der Waals surface area contributed by atoms with Gasteiger partial charge in [0, 0.05) is 6.07 Å². The van der Waals surface area contributed by atoms with Crippen LogP contribution in [0.15, 0.2) is 18.2 Å². The molecular weight excluding hydrogens is 250 g/mol. The standard InChI is InChI=1S/C12H17N3O4/c1-8-9(15(17)18)5-4-6-10(8)19-7-12(2,14-3)11(13)16/h4-6,14H,7H2,1-3H3,(H2,13,16). The second-order valence-corrected chi connectivity index (χ2v) is 4.39.